The number of nitrogens with zero attached hydrogens (tertiary/aromatic N) is 1. The van der Waals surface area contributed by atoms with E-state index in [1.807, 2.05) is 23.6 Å². The molecule has 17 heavy (non-hydrogen) atoms. The zero-order valence-corrected chi connectivity index (χ0v) is 11.2. The number of hydrogen-bond donors (Lipinski definition) is 1. The molecule has 3 rings (SSSR count). The highest BCUT2D eigenvalue weighted by atomic mass is 79.9. The molecule has 0 aromatic carbocycles. The molecule has 0 radical (unpaired) electrons. The van der Waals surface area contributed by atoms with Gasteiger partial charge < -0.3 is 5.32 Å². The van der Waals surface area contributed by atoms with E-state index in [1.165, 1.54) is 4.88 Å². The van der Waals surface area contributed by atoms with Crippen molar-refractivity contribution in [3.05, 3.63) is 50.4 Å². The summed E-state index contributed by atoms with van der Waals surface area (Å²) in [5.41, 5.74) is 1.54. The molecular formula is C12H9BrN2OS. The molecule has 1 aliphatic rings. The predicted octanol–water partition coefficient (Wildman–Crippen LogP) is 2.93. The smallest absolute Gasteiger partial charge is 0.253 e. The summed E-state index contributed by atoms with van der Waals surface area (Å²) in [6, 6.07) is 5.92. The van der Waals surface area contributed by atoms with Crippen LogP contribution in [0.15, 0.2) is 34.2 Å². The maximum Gasteiger partial charge on any atom is 0.253 e. The van der Waals surface area contributed by atoms with Gasteiger partial charge in [-0.05, 0) is 33.4 Å². The van der Waals surface area contributed by atoms with E-state index in [2.05, 4.69) is 26.2 Å². The molecule has 0 spiro atoms. The van der Waals surface area contributed by atoms with Crippen LogP contribution in [0.4, 0.5) is 0 Å². The van der Waals surface area contributed by atoms with Gasteiger partial charge in [-0.25, -0.2) is 0 Å². The first-order valence-corrected chi connectivity index (χ1v) is 6.90. The lowest BCUT2D eigenvalue weighted by atomic mass is 9.99. The molecule has 1 atom stereocenters. The lowest BCUT2D eigenvalue weighted by Crippen LogP contribution is -2.35. The summed E-state index contributed by atoms with van der Waals surface area (Å²) in [5.74, 6) is -0.0431. The Kier molecular flexibility index (Phi) is 2.72. The zero-order chi connectivity index (χ0) is 11.8. The second kappa shape index (κ2) is 4.23. The molecule has 1 N–H and O–H groups in total. The van der Waals surface area contributed by atoms with Crippen LogP contribution in [0.3, 0.4) is 0 Å². The van der Waals surface area contributed by atoms with Crippen molar-refractivity contribution in [1.82, 2.24) is 10.3 Å². The highest BCUT2D eigenvalue weighted by Gasteiger charge is 2.26. The molecule has 0 aliphatic carbocycles. The first-order chi connectivity index (χ1) is 8.24. The van der Waals surface area contributed by atoms with Crippen LogP contribution >= 0.6 is 27.3 Å². The second-order valence-corrected chi connectivity index (χ2v) is 5.79. The molecule has 1 unspecified atom stereocenters. The number of halogens is 1. The minimum absolute atomic E-state index is 0.0431. The molecule has 0 saturated heterocycles. The van der Waals surface area contributed by atoms with E-state index in [9.17, 15) is 4.79 Å². The highest BCUT2D eigenvalue weighted by molar-refractivity contribution is 9.10. The third-order valence-electron chi connectivity index (χ3n) is 2.77. The van der Waals surface area contributed by atoms with Gasteiger partial charge >= 0.3 is 0 Å². The number of nitrogens with one attached hydrogen (secondary N) is 1. The van der Waals surface area contributed by atoms with Gasteiger partial charge in [0.05, 0.1) is 17.3 Å². The molecule has 5 heteroatoms. The van der Waals surface area contributed by atoms with Crippen molar-refractivity contribution >= 4 is 33.2 Å². The first kappa shape index (κ1) is 10.9. The maximum atomic E-state index is 12.0. The van der Waals surface area contributed by atoms with Gasteiger partial charge in [0.1, 0.15) is 0 Å². The third kappa shape index (κ3) is 2.00. The van der Waals surface area contributed by atoms with Gasteiger partial charge in [0.15, 0.2) is 0 Å². The molecule has 1 amide bonds. The summed E-state index contributed by atoms with van der Waals surface area (Å²) in [6.07, 6.45) is 2.50. The van der Waals surface area contributed by atoms with E-state index < -0.39 is 0 Å². The van der Waals surface area contributed by atoms with Crippen molar-refractivity contribution < 1.29 is 4.79 Å². The molecular weight excluding hydrogens is 300 g/mol. The third-order valence-corrected chi connectivity index (χ3v) is 4.19. The molecule has 3 nitrogen and oxygen atoms in total. The Bertz CT molecular complexity index is 568. The zero-order valence-electron chi connectivity index (χ0n) is 8.81. The van der Waals surface area contributed by atoms with Crippen LogP contribution in [-0.2, 0) is 6.42 Å². The average Bonchev–Trinajstić information content (AvgIpc) is 2.83. The number of carbonyl (C=O) groups excluding carboxylic acids is 1. The number of thiophene rings is 1. The number of hydrogen-bond acceptors (Lipinski definition) is 3. The highest BCUT2D eigenvalue weighted by Crippen LogP contribution is 2.28. The van der Waals surface area contributed by atoms with Crippen molar-refractivity contribution in [1.29, 1.82) is 0 Å². The molecule has 86 valence electrons. The fraction of sp³-hybridized carbons (Fsp3) is 0.167. The minimum atomic E-state index is -0.0431. The Morgan fingerprint density at radius 3 is 3.18 bits per heavy atom. The Morgan fingerprint density at radius 1 is 1.53 bits per heavy atom. The first-order valence-electron chi connectivity index (χ1n) is 5.23. The van der Waals surface area contributed by atoms with E-state index in [0.29, 0.717) is 5.56 Å². The van der Waals surface area contributed by atoms with Gasteiger partial charge in [-0.2, -0.15) is 0 Å². The number of rotatable bonds is 1. The predicted molar refractivity (Wildman–Crippen MR) is 70.2 cm³/mol. The van der Waals surface area contributed by atoms with Crippen LogP contribution in [0.2, 0.25) is 0 Å². The van der Waals surface area contributed by atoms with E-state index in [4.69, 9.17) is 0 Å². The minimum Gasteiger partial charge on any atom is -0.344 e. The molecule has 2 aromatic heterocycles. The maximum absolute atomic E-state index is 12.0. The van der Waals surface area contributed by atoms with E-state index >= 15 is 0 Å². The van der Waals surface area contributed by atoms with Gasteiger partial charge in [0, 0.05) is 22.0 Å². The number of amides is 1. The summed E-state index contributed by atoms with van der Waals surface area (Å²) >= 11 is 4.99. The van der Waals surface area contributed by atoms with Crippen LogP contribution in [-0.4, -0.2) is 10.9 Å². The van der Waals surface area contributed by atoms with Gasteiger partial charge in [0.25, 0.3) is 5.91 Å². The summed E-state index contributed by atoms with van der Waals surface area (Å²) in [6.45, 7) is 0. The number of pyridine rings is 1. The fourth-order valence-corrected chi connectivity index (χ4v) is 3.08. The average molecular weight is 309 g/mol. The number of fused-ring (bicyclic) bond motifs is 1. The second-order valence-electron chi connectivity index (χ2n) is 3.89. The van der Waals surface area contributed by atoms with Crippen LogP contribution < -0.4 is 5.32 Å². The molecule has 3 heterocycles. The molecule has 0 bridgehead atoms. The lowest BCUT2D eigenvalue weighted by molar-refractivity contribution is 0.0924. The van der Waals surface area contributed by atoms with Crippen molar-refractivity contribution in [3.8, 4) is 0 Å². The van der Waals surface area contributed by atoms with Gasteiger partial charge in [-0.1, -0.05) is 6.07 Å². The molecule has 0 fully saturated rings. The molecule has 2 aromatic rings. The largest absolute Gasteiger partial charge is 0.344 e. The standard InChI is InChI=1S/C12H9BrN2OS/c13-7-4-8-9(14-6-7)5-10(15-12(8)16)11-2-1-3-17-11/h1-4,6,10H,5H2,(H,15,16). The Morgan fingerprint density at radius 2 is 2.41 bits per heavy atom. The number of aromatic nitrogens is 1. The quantitative estimate of drug-likeness (QED) is 0.880. The summed E-state index contributed by atoms with van der Waals surface area (Å²) < 4.78 is 0.834. The van der Waals surface area contributed by atoms with E-state index in [1.54, 1.807) is 17.5 Å². The summed E-state index contributed by atoms with van der Waals surface area (Å²) in [7, 11) is 0. The van der Waals surface area contributed by atoms with Gasteiger partial charge in [0.2, 0.25) is 0 Å². The summed E-state index contributed by atoms with van der Waals surface area (Å²) in [5, 5.41) is 5.03. The van der Waals surface area contributed by atoms with E-state index in [-0.39, 0.29) is 11.9 Å². The molecule has 1 aliphatic heterocycles. The normalized spacial score (nSPS) is 18.6. The Labute approximate surface area is 111 Å². The number of carbonyl (C=O) groups is 1. The van der Waals surface area contributed by atoms with Crippen LogP contribution in [0.1, 0.15) is 27.0 Å². The van der Waals surface area contributed by atoms with Crippen molar-refractivity contribution in [3.63, 3.8) is 0 Å². The van der Waals surface area contributed by atoms with Crippen molar-refractivity contribution in [2.45, 2.75) is 12.5 Å². The molecule has 0 saturated carbocycles. The SMILES string of the molecule is O=C1NC(c2cccs2)Cc2ncc(Br)cc21. The van der Waals surface area contributed by atoms with Crippen molar-refractivity contribution in [2.75, 3.05) is 0 Å². The van der Waals surface area contributed by atoms with Gasteiger partial charge in [-0.3, -0.25) is 9.78 Å². The lowest BCUT2D eigenvalue weighted by Gasteiger charge is -2.24. The van der Waals surface area contributed by atoms with E-state index in [0.717, 1.165) is 16.6 Å². The van der Waals surface area contributed by atoms with Crippen molar-refractivity contribution in [2.24, 2.45) is 0 Å². The fourth-order valence-electron chi connectivity index (χ4n) is 1.97. The van der Waals surface area contributed by atoms with Gasteiger partial charge in [-0.15, -0.1) is 11.3 Å². The summed E-state index contributed by atoms with van der Waals surface area (Å²) in [4.78, 5) is 17.5. The van der Waals surface area contributed by atoms with Crippen LogP contribution in [0.5, 0.6) is 0 Å². The topological polar surface area (TPSA) is 42.0 Å². The van der Waals surface area contributed by atoms with Crippen LogP contribution in [0, 0.1) is 0 Å². The Hall–Kier alpha value is -1.20. The Balaban J connectivity index is 1.99. The monoisotopic (exact) mass is 308 g/mol. The van der Waals surface area contributed by atoms with Crippen LogP contribution in [0.25, 0.3) is 0 Å².